The maximum absolute atomic E-state index is 6.08. The molecule has 3 N–H and O–H groups in total. The molecule has 0 unspecified atom stereocenters. The fourth-order valence-electron chi connectivity index (χ4n) is 2.90. The van der Waals surface area contributed by atoms with Crippen LogP contribution in [0.15, 0.2) is 22.7 Å². The van der Waals surface area contributed by atoms with Gasteiger partial charge in [0.1, 0.15) is 0 Å². The van der Waals surface area contributed by atoms with Crippen LogP contribution < -0.4 is 11.1 Å². The highest BCUT2D eigenvalue weighted by atomic mass is 79.9. The van der Waals surface area contributed by atoms with Gasteiger partial charge in [0.2, 0.25) is 0 Å². The van der Waals surface area contributed by atoms with Gasteiger partial charge in [0.25, 0.3) is 0 Å². The SMILES string of the molecule is Cc1cc(Br)cc(NC2(CN)CCC(C)(C)CC2)c1. The molecule has 0 aromatic heterocycles. The lowest BCUT2D eigenvalue weighted by molar-refractivity contribution is 0.182. The number of aryl methyl sites for hydroxylation is 1. The molecule has 0 saturated heterocycles. The topological polar surface area (TPSA) is 38.0 Å². The van der Waals surface area contributed by atoms with Crippen molar-refractivity contribution < 1.29 is 0 Å². The van der Waals surface area contributed by atoms with E-state index in [1.54, 1.807) is 0 Å². The third kappa shape index (κ3) is 3.73. The number of anilines is 1. The summed E-state index contributed by atoms with van der Waals surface area (Å²) in [6, 6.07) is 6.47. The van der Waals surface area contributed by atoms with Crippen LogP contribution in [0.5, 0.6) is 0 Å². The van der Waals surface area contributed by atoms with E-state index in [0.29, 0.717) is 12.0 Å². The van der Waals surface area contributed by atoms with Crippen molar-refractivity contribution in [3.8, 4) is 0 Å². The lowest BCUT2D eigenvalue weighted by Gasteiger charge is -2.44. The summed E-state index contributed by atoms with van der Waals surface area (Å²) in [6.45, 7) is 7.54. The van der Waals surface area contributed by atoms with Crippen LogP contribution in [-0.2, 0) is 0 Å². The smallest absolute Gasteiger partial charge is 0.0496 e. The minimum atomic E-state index is 0.0722. The monoisotopic (exact) mass is 324 g/mol. The van der Waals surface area contributed by atoms with E-state index in [2.05, 4.69) is 60.2 Å². The summed E-state index contributed by atoms with van der Waals surface area (Å²) < 4.78 is 1.12. The molecule has 1 aromatic carbocycles. The van der Waals surface area contributed by atoms with Gasteiger partial charge < -0.3 is 11.1 Å². The van der Waals surface area contributed by atoms with Gasteiger partial charge in [0.15, 0.2) is 0 Å². The first-order valence-electron chi connectivity index (χ1n) is 7.10. The number of rotatable bonds is 3. The van der Waals surface area contributed by atoms with Crippen LogP contribution in [0.25, 0.3) is 0 Å². The Morgan fingerprint density at radius 1 is 1.16 bits per heavy atom. The first kappa shape index (κ1) is 14.9. The molecule has 1 aliphatic carbocycles. The van der Waals surface area contributed by atoms with Crippen LogP contribution in [-0.4, -0.2) is 12.1 Å². The predicted molar refractivity (Wildman–Crippen MR) is 86.5 cm³/mol. The van der Waals surface area contributed by atoms with Crippen molar-refractivity contribution in [3.63, 3.8) is 0 Å². The Balaban J connectivity index is 2.15. The Kier molecular flexibility index (Phi) is 4.26. The maximum Gasteiger partial charge on any atom is 0.0496 e. The minimum Gasteiger partial charge on any atom is -0.378 e. The van der Waals surface area contributed by atoms with Gasteiger partial charge in [-0.2, -0.15) is 0 Å². The third-order valence-corrected chi connectivity index (χ3v) is 4.86. The lowest BCUT2D eigenvalue weighted by Crippen LogP contribution is -2.49. The standard InChI is InChI=1S/C16H25BrN2/c1-12-8-13(17)10-14(9-12)19-16(11-18)6-4-15(2,3)5-7-16/h8-10,19H,4-7,11,18H2,1-3H3. The van der Waals surface area contributed by atoms with Crippen LogP contribution in [0, 0.1) is 12.3 Å². The quantitative estimate of drug-likeness (QED) is 0.861. The number of hydrogen-bond acceptors (Lipinski definition) is 2. The second kappa shape index (κ2) is 5.45. The summed E-state index contributed by atoms with van der Waals surface area (Å²) in [5, 5.41) is 3.71. The number of halogens is 1. The van der Waals surface area contributed by atoms with E-state index in [-0.39, 0.29) is 5.54 Å². The van der Waals surface area contributed by atoms with Gasteiger partial charge in [0, 0.05) is 22.2 Å². The van der Waals surface area contributed by atoms with E-state index >= 15 is 0 Å². The zero-order valence-corrected chi connectivity index (χ0v) is 13.8. The summed E-state index contributed by atoms with van der Waals surface area (Å²) in [5.41, 5.74) is 9.06. The first-order chi connectivity index (χ1) is 8.84. The van der Waals surface area contributed by atoms with Crippen molar-refractivity contribution in [3.05, 3.63) is 28.2 Å². The van der Waals surface area contributed by atoms with Crippen LogP contribution in [0.2, 0.25) is 0 Å². The fourth-order valence-corrected chi connectivity index (χ4v) is 3.51. The highest BCUT2D eigenvalue weighted by Crippen LogP contribution is 2.41. The summed E-state index contributed by atoms with van der Waals surface area (Å²) in [5.74, 6) is 0. The van der Waals surface area contributed by atoms with E-state index in [1.807, 2.05) is 0 Å². The zero-order valence-electron chi connectivity index (χ0n) is 12.2. The molecule has 19 heavy (non-hydrogen) atoms. The van der Waals surface area contributed by atoms with Crippen LogP contribution >= 0.6 is 15.9 Å². The summed E-state index contributed by atoms with van der Waals surface area (Å²) in [6.07, 6.45) is 4.79. The van der Waals surface area contributed by atoms with E-state index < -0.39 is 0 Å². The lowest BCUT2D eigenvalue weighted by atomic mass is 9.69. The summed E-state index contributed by atoms with van der Waals surface area (Å²) in [7, 11) is 0. The van der Waals surface area contributed by atoms with Gasteiger partial charge in [-0.1, -0.05) is 29.8 Å². The number of benzene rings is 1. The van der Waals surface area contributed by atoms with Gasteiger partial charge in [-0.15, -0.1) is 0 Å². The van der Waals surface area contributed by atoms with Crippen molar-refractivity contribution in [1.29, 1.82) is 0 Å². The van der Waals surface area contributed by atoms with E-state index in [0.717, 1.165) is 17.3 Å². The molecule has 1 saturated carbocycles. The van der Waals surface area contributed by atoms with Crippen molar-refractivity contribution in [2.75, 3.05) is 11.9 Å². The summed E-state index contributed by atoms with van der Waals surface area (Å²) in [4.78, 5) is 0. The normalized spacial score (nSPS) is 21.1. The molecule has 0 amide bonds. The molecule has 0 atom stereocenters. The third-order valence-electron chi connectivity index (χ3n) is 4.40. The minimum absolute atomic E-state index is 0.0722. The Morgan fingerprint density at radius 2 is 1.79 bits per heavy atom. The molecule has 0 heterocycles. The van der Waals surface area contributed by atoms with E-state index in [1.165, 1.54) is 24.1 Å². The Morgan fingerprint density at radius 3 is 2.32 bits per heavy atom. The van der Waals surface area contributed by atoms with Crippen molar-refractivity contribution in [2.45, 2.75) is 52.0 Å². The van der Waals surface area contributed by atoms with Crippen LogP contribution in [0.3, 0.4) is 0 Å². The average molecular weight is 325 g/mol. The van der Waals surface area contributed by atoms with Gasteiger partial charge in [0.05, 0.1) is 0 Å². The summed E-state index contributed by atoms with van der Waals surface area (Å²) >= 11 is 3.56. The molecule has 2 rings (SSSR count). The van der Waals surface area contributed by atoms with Gasteiger partial charge >= 0.3 is 0 Å². The van der Waals surface area contributed by atoms with Crippen molar-refractivity contribution >= 4 is 21.6 Å². The van der Waals surface area contributed by atoms with Crippen molar-refractivity contribution in [1.82, 2.24) is 0 Å². The Hall–Kier alpha value is -0.540. The molecule has 0 bridgehead atoms. The maximum atomic E-state index is 6.08. The molecular weight excluding hydrogens is 300 g/mol. The second-order valence-electron chi connectivity index (χ2n) is 6.79. The van der Waals surface area contributed by atoms with Crippen molar-refractivity contribution in [2.24, 2.45) is 11.1 Å². The Bertz CT molecular complexity index is 424. The molecule has 0 spiro atoms. The molecule has 0 radical (unpaired) electrons. The molecule has 1 fully saturated rings. The molecule has 1 aromatic rings. The van der Waals surface area contributed by atoms with Gasteiger partial charge in [-0.3, -0.25) is 0 Å². The zero-order chi connectivity index (χ0) is 14.1. The molecule has 106 valence electrons. The highest BCUT2D eigenvalue weighted by Gasteiger charge is 2.37. The van der Waals surface area contributed by atoms with E-state index in [4.69, 9.17) is 5.73 Å². The van der Waals surface area contributed by atoms with Crippen LogP contribution in [0.4, 0.5) is 5.69 Å². The predicted octanol–water partition coefficient (Wildman–Crippen LogP) is 4.47. The van der Waals surface area contributed by atoms with Gasteiger partial charge in [-0.05, 0) is 61.8 Å². The highest BCUT2D eigenvalue weighted by molar-refractivity contribution is 9.10. The first-order valence-corrected chi connectivity index (χ1v) is 7.89. The fraction of sp³-hybridized carbons (Fsp3) is 0.625. The number of nitrogens with two attached hydrogens (primary N) is 1. The molecule has 1 aliphatic rings. The van der Waals surface area contributed by atoms with Gasteiger partial charge in [-0.25, -0.2) is 0 Å². The van der Waals surface area contributed by atoms with Crippen LogP contribution in [0.1, 0.15) is 45.1 Å². The molecular formula is C16H25BrN2. The largest absolute Gasteiger partial charge is 0.378 e. The number of nitrogens with one attached hydrogen (secondary N) is 1. The second-order valence-corrected chi connectivity index (χ2v) is 7.71. The molecule has 0 aliphatic heterocycles. The molecule has 2 nitrogen and oxygen atoms in total. The average Bonchev–Trinajstić information content (AvgIpc) is 2.31. The van der Waals surface area contributed by atoms with E-state index in [9.17, 15) is 0 Å². The molecule has 3 heteroatoms. The Labute approximate surface area is 125 Å². The number of hydrogen-bond donors (Lipinski definition) is 2.